The average Bonchev–Trinajstić information content (AvgIpc) is 3.39. The van der Waals surface area contributed by atoms with Gasteiger partial charge in [-0.25, -0.2) is 4.98 Å². The zero-order valence-corrected chi connectivity index (χ0v) is 15.8. The topological polar surface area (TPSA) is 102 Å². The van der Waals surface area contributed by atoms with E-state index in [1.807, 2.05) is 25.1 Å². The van der Waals surface area contributed by atoms with Gasteiger partial charge in [-0.15, -0.1) is 10.2 Å². The fourth-order valence-corrected chi connectivity index (χ4v) is 3.30. The lowest BCUT2D eigenvalue weighted by Crippen LogP contribution is -3.10. The first-order valence-corrected chi connectivity index (χ1v) is 9.35. The molecule has 8 heteroatoms. The number of fused-ring (bicyclic) bond motifs is 1. The maximum absolute atomic E-state index is 12.4. The number of benzene rings is 1. The largest absolute Gasteiger partial charge is 0.459 e. The van der Waals surface area contributed by atoms with E-state index in [4.69, 9.17) is 8.83 Å². The van der Waals surface area contributed by atoms with Crippen molar-refractivity contribution in [2.75, 3.05) is 6.54 Å². The number of hydrogen-bond acceptors (Lipinski definition) is 6. The Hall–Kier alpha value is -3.26. The molecule has 0 spiro atoms. The van der Waals surface area contributed by atoms with E-state index in [9.17, 15) is 4.79 Å². The molecule has 0 fully saturated rings. The van der Waals surface area contributed by atoms with Crippen LogP contribution in [0, 0.1) is 0 Å². The highest BCUT2D eigenvalue weighted by Crippen LogP contribution is 2.17. The molecule has 0 radical (unpaired) electrons. The molecule has 0 aliphatic rings. The molecule has 4 rings (SSSR count). The Kier molecular flexibility index (Phi) is 5.03. The number of nitrogens with one attached hydrogen (secondary N) is 2. The molecule has 0 aliphatic carbocycles. The molecule has 0 saturated carbocycles. The molecular formula is C20H22N5O3+. The number of aromatic nitrogens is 4. The molecule has 2 N–H and O–H groups in total. The number of furan rings is 1. The van der Waals surface area contributed by atoms with Crippen LogP contribution in [0.25, 0.3) is 22.6 Å². The molecule has 28 heavy (non-hydrogen) atoms. The lowest BCUT2D eigenvalue weighted by Gasteiger charge is -2.23. The van der Waals surface area contributed by atoms with Gasteiger partial charge < -0.3 is 18.7 Å². The van der Waals surface area contributed by atoms with Crippen molar-refractivity contribution in [2.45, 2.75) is 32.9 Å². The van der Waals surface area contributed by atoms with Gasteiger partial charge in [0.25, 0.3) is 17.3 Å². The smallest absolute Gasteiger partial charge is 0.283 e. The van der Waals surface area contributed by atoms with Crippen molar-refractivity contribution in [1.82, 2.24) is 20.2 Å². The van der Waals surface area contributed by atoms with Crippen molar-refractivity contribution in [1.29, 1.82) is 0 Å². The minimum absolute atomic E-state index is 0.0452. The van der Waals surface area contributed by atoms with Gasteiger partial charge in [-0.1, -0.05) is 19.1 Å². The zero-order valence-electron chi connectivity index (χ0n) is 15.8. The normalized spacial score (nSPS) is 13.6. The summed E-state index contributed by atoms with van der Waals surface area (Å²) >= 11 is 0. The fraction of sp³-hybridized carbons (Fsp3) is 0.300. The van der Waals surface area contributed by atoms with Crippen LogP contribution >= 0.6 is 0 Å². The van der Waals surface area contributed by atoms with Gasteiger partial charge in [0.15, 0.2) is 18.1 Å². The van der Waals surface area contributed by atoms with Gasteiger partial charge in [0.2, 0.25) is 0 Å². The van der Waals surface area contributed by atoms with Crippen LogP contribution in [0.15, 0.2) is 56.3 Å². The van der Waals surface area contributed by atoms with E-state index >= 15 is 0 Å². The third-order valence-electron chi connectivity index (χ3n) is 4.80. The lowest BCUT2D eigenvalue weighted by molar-refractivity contribution is -0.945. The Labute approximate surface area is 161 Å². The molecule has 1 aromatic carbocycles. The number of quaternary nitrogens is 1. The Balaban J connectivity index is 1.60. The molecule has 0 amide bonds. The highest BCUT2D eigenvalue weighted by molar-refractivity contribution is 5.77. The van der Waals surface area contributed by atoms with Gasteiger partial charge in [0.05, 0.1) is 23.7 Å². The van der Waals surface area contributed by atoms with E-state index < -0.39 is 0 Å². The summed E-state index contributed by atoms with van der Waals surface area (Å²) in [6, 6.07) is 10.9. The highest BCUT2D eigenvalue weighted by atomic mass is 16.4. The fourth-order valence-electron chi connectivity index (χ4n) is 3.30. The molecule has 1 unspecified atom stereocenters. The van der Waals surface area contributed by atoms with Crippen LogP contribution in [-0.2, 0) is 6.54 Å². The van der Waals surface area contributed by atoms with E-state index in [1.165, 1.54) is 4.90 Å². The van der Waals surface area contributed by atoms with E-state index in [-0.39, 0.29) is 11.6 Å². The van der Waals surface area contributed by atoms with Crippen LogP contribution < -0.4 is 10.5 Å². The van der Waals surface area contributed by atoms with Gasteiger partial charge in [-0.2, -0.15) is 0 Å². The number of hydrogen-bond donors (Lipinski definition) is 2. The maximum Gasteiger partial charge on any atom is 0.283 e. The predicted octanol–water partition coefficient (Wildman–Crippen LogP) is 2.12. The summed E-state index contributed by atoms with van der Waals surface area (Å²) < 4.78 is 11.1. The third kappa shape index (κ3) is 3.59. The van der Waals surface area contributed by atoms with Crippen molar-refractivity contribution in [3.05, 3.63) is 64.7 Å². The predicted molar refractivity (Wildman–Crippen MR) is 103 cm³/mol. The first-order valence-electron chi connectivity index (χ1n) is 9.35. The number of nitrogens with zero attached hydrogens (tertiary/aromatic N) is 3. The van der Waals surface area contributed by atoms with Gasteiger partial charge in [-0.05, 0) is 37.6 Å². The molecule has 3 aromatic heterocycles. The second-order valence-electron chi connectivity index (χ2n) is 6.75. The van der Waals surface area contributed by atoms with Crippen molar-refractivity contribution < 1.29 is 13.7 Å². The molecular weight excluding hydrogens is 358 g/mol. The Morgan fingerprint density at radius 1 is 1.18 bits per heavy atom. The minimum Gasteiger partial charge on any atom is -0.459 e. The van der Waals surface area contributed by atoms with Crippen molar-refractivity contribution in [2.24, 2.45) is 0 Å². The molecule has 0 saturated heterocycles. The molecule has 0 bridgehead atoms. The molecule has 144 valence electrons. The highest BCUT2D eigenvalue weighted by Gasteiger charge is 2.25. The Morgan fingerprint density at radius 2 is 2.04 bits per heavy atom. The molecule has 4 aromatic rings. The minimum atomic E-state index is -0.124. The van der Waals surface area contributed by atoms with Crippen LogP contribution in [-0.4, -0.2) is 26.7 Å². The van der Waals surface area contributed by atoms with E-state index in [0.717, 1.165) is 13.0 Å². The number of para-hydroxylation sites is 1. The average molecular weight is 380 g/mol. The van der Waals surface area contributed by atoms with Gasteiger partial charge >= 0.3 is 0 Å². The van der Waals surface area contributed by atoms with E-state index in [0.29, 0.717) is 40.8 Å². The van der Waals surface area contributed by atoms with Crippen LogP contribution in [0.2, 0.25) is 0 Å². The standard InChI is InChI=1S/C20H21N5O3/c1-3-10-25(12-17-23-24-20(28-17)16-9-6-11-27-16)13(2)18-21-15-8-5-4-7-14(15)19(26)22-18/h4-9,11,13H,3,10,12H2,1-2H3,(H,21,22,26)/p+1/t13-/m1/s1. The number of aromatic amines is 1. The summed E-state index contributed by atoms with van der Waals surface area (Å²) in [7, 11) is 0. The Morgan fingerprint density at radius 3 is 2.82 bits per heavy atom. The molecule has 3 heterocycles. The molecule has 8 nitrogen and oxygen atoms in total. The Bertz CT molecular complexity index is 1120. The van der Waals surface area contributed by atoms with Gasteiger partial charge in [-0.3, -0.25) is 4.79 Å². The number of rotatable bonds is 7. The monoisotopic (exact) mass is 380 g/mol. The van der Waals surface area contributed by atoms with Crippen molar-refractivity contribution >= 4 is 10.9 Å². The van der Waals surface area contributed by atoms with E-state index in [2.05, 4.69) is 27.1 Å². The summed E-state index contributed by atoms with van der Waals surface area (Å²) in [5.41, 5.74) is 0.572. The SMILES string of the molecule is CCC[NH+](Cc1nnc(-c2ccco2)o1)[C@H](C)c1nc2ccccc2c(=O)[nH]1. The van der Waals surface area contributed by atoms with Crippen molar-refractivity contribution in [3.8, 4) is 11.7 Å². The first-order chi connectivity index (χ1) is 13.7. The molecule has 0 aliphatic heterocycles. The maximum atomic E-state index is 12.4. The molecule has 2 atom stereocenters. The van der Waals surface area contributed by atoms with Crippen LogP contribution in [0.5, 0.6) is 0 Å². The van der Waals surface area contributed by atoms with Crippen LogP contribution in [0.4, 0.5) is 0 Å². The summed E-state index contributed by atoms with van der Waals surface area (Å²) in [6.45, 7) is 5.56. The number of H-pyrrole nitrogens is 1. The summed E-state index contributed by atoms with van der Waals surface area (Å²) in [5, 5.41) is 8.80. The van der Waals surface area contributed by atoms with Crippen LogP contribution in [0.1, 0.15) is 38.0 Å². The summed E-state index contributed by atoms with van der Waals surface area (Å²) in [6.07, 6.45) is 2.54. The summed E-state index contributed by atoms with van der Waals surface area (Å²) in [4.78, 5) is 21.2. The van der Waals surface area contributed by atoms with E-state index in [1.54, 1.807) is 24.5 Å². The zero-order chi connectivity index (χ0) is 19.5. The quantitative estimate of drug-likeness (QED) is 0.509. The van der Waals surface area contributed by atoms with Crippen molar-refractivity contribution in [3.63, 3.8) is 0 Å². The lowest BCUT2D eigenvalue weighted by atomic mass is 10.2. The summed E-state index contributed by atoms with van der Waals surface area (Å²) in [5.74, 6) is 2.08. The van der Waals surface area contributed by atoms with Crippen LogP contribution in [0.3, 0.4) is 0 Å². The third-order valence-corrected chi connectivity index (χ3v) is 4.80. The second kappa shape index (κ2) is 7.77. The second-order valence-corrected chi connectivity index (χ2v) is 6.75. The first kappa shape index (κ1) is 18.1. The van der Waals surface area contributed by atoms with Gasteiger partial charge in [0.1, 0.15) is 6.04 Å². The van der Waals surface area contributed by atoms with Gasteiger partial charge in [0, 0.05) is 0 Å².